The molecule has 3 aliphatic rings. The Morgan fingerprint density at radius 1 is 1.00 bits per heavy atom. The van der Waals surface area contributed by atoms with Crippen molar-refractivity contribution < 1.29 is 53.1 Å². The molecule has 3 rings (SSSR count). The summed E-state index contributed by atoms with van der Waals surface area (Å²) in [6.07, 6.45) is 11.3. The zero-order chi connectivity index (χ0) is 41.6. The molecule has 1 saturated carbocycles. The van der Waals surface area contributed by atoms with Gasteiger partial charge in [-0.25, -0.2) is 4.79 Å². The Kier molecular flexibility index (Phi) is 19.6. The van der Waals surface area contributed by atoms with Gasteiger partial charge in [-0.15, -0.1) is 6.58 Å². The number of carbonyl (C=O) groups excluding carboxylic acids is 4. The Hall–Kier alpha value is -2.74. The largest absolute Gasteiger partial charge is 0.456 e. The molecule has 12 nitrogen and oxygen atoms in total. The molecule has 2 aliphatic heterocycles. The van der Waals surface area contributed by atoms with Crippen molar-refractivity contribution in [3.05, 3.63) is 36.0 Å². The van der Waals surface area contributed by atoms with E-state index in [1.54, 1.807) is 20.1 Å². The fraction of sp³-hybridized carbons (Fsp3) is 0.773. The summed E-state index contributed by atoms with van der Waals surface area (Å²) >= 11 is 0. The van der Waals surface area contributed by atoms with E-state index in [4.69, 9.17) is 23.7 Å². The highest BCUT2D eigenvalue weighted by molar-refractivity contribution is 6.39. The summed E-state index contributed by atoms with van der Waals surface area (Å²) in [5.74, 6) is -5.50. The van der Waals surface area contributed by atoms with E-state index in [-0.39, 0.29) is 43.8 Å². The quantitative estimate of drug-likeness (QED) is 0.0792. The van der Waals surface area contributed by atoms with Gasteiger partial charge in [-0.05, 0) is 108 Å². The van der Waals surface area contributed by atoms with E-state index in [1.807, 2.05) is 26.8 Å². The van der Waals surface area contributed by atoms with Crippen LogP contribution in [0.2, 0.25) is 0 Å². The summed E-state index contributed by atoms with van der Waals surface area (Å²) in [5.41, 5.74) is 1.96. The van der Waals surface area contributed by atoms with Gasteiger partial charge < -0.3 is 38.8 Å². The molecule has 318 valence electrons. The van der Waals surface area contributed by atoms with E-state index in [9.17, 15) is 29.4 Å². The molecule has 0 aromatic rings. The van der Waals surface area contributed by atoms with Gasteiger partial charge in [0.1, 0.15) is 24.0 Å². The van der Waals surface area contributed by atoms with Gasteiger partial charge in [0.25, 0.3) is 11.7 Å². The predicted octanol–water partition coefficient (Wildman–Crippen LogP) is 6.06. The molecule has 56 heavy (non-hydrogen) atoms. The topological polar surface area (TPSA) is 158 Å². The van der Waals surface area contributed by atoms with Crippen molar-refractivity contribution in [1.29, 1.82) is 0 Å². The Morgan fingerprint density at radius 3 is 2.34 bits per heavy atom. The maximum atomic E-state index is 14.1. The number of hydrogen-bond acceptors (Lipinski definition) is 11. The van der Waals surface area contributed by atoms with Crippen LogP contribution in [0.4, 0.5) is 0 Å². The second-order valence-electron chi connectivity index (χ2n) is 16.3. The zero-order valence-corrected chi connectivity index (χ0v) is 35.3. The lowest BCUT2D eigenvalue weighted by atomic mass is 9.79. The van der Waals surface area contributed by atoms with Crippen molar-refractivity contribution in [2.45, 2.75) is 160 Å². The normalized spacial score (nSPS) is 30.6. The number of methoxy groups -OCH3 is 3. The SMILES string of the molecule is C=CCC(C=C(C)CCCC(OC)C1OC(O)(C(=O)C(=O)N2CCCCC2C(=O)OC(CC)C(C)=CC2CCC(C)C(OC)C2)C(C)CC1OC)C(=O)CCO. The van der Waals surface area contributed by atoms with Crippen molar-refractivity contribution >= 4 is 23.4 Å². The van der Waals surface area contributed by atoms with Gasteiger partial charge >= 0.3 is 5.97 Å². The van der Waals surface area contributed by atoms with Gasteiger partial charge in [0.2, 0.25) is 5.79 Å². The number of aliphatic hydroxyl groups is 2. The highest BCUT2D eigenvalue weighted by Gasteiger charge is 2.56. The van der Waals surface area contributed by atoms with Crippen LogP contribution < -0.4 is 0 Å². The minimum atomic E-state index is -2.47. The number of ketones is 2. The molecule has 0 aromatic heterocycles. The summed E-state index contributed by atoms with van der Waals surface area (Å²) in [5, 5.41) is 21.2. The summed E-state index contributed by atoms with van der Waals surface area (Å²) in [7, 11) is 4.81. The Bertz CT molecular complexity index is 1380. The van der Waals surface area contributed by atoms with Gasteiger partial charge in [-0.3, -0.25) is 14.4 Å². The monoisotopic (exact) mass is 790 g/mol. The van der Waals surface area contributed by atoms with Crippen LogP contribution in [0.25, 0.3) is 0 Å². The van der Waals surface area contributed by atoms with Crippen LogP contribution in [-0.2, 0) is 42.9 Å². The average molecular weight is 790 g/mol. The number of ether oxygens (including phenoxy) is 5. The molecule has 1 amide bonds. The fourth-order valence-corrected chi connectivity index (χ4v) is 8.75. The lowest BCUT2D eigenvalue weighted by molar-refractivity contribution is -0.302. The number of piperidine rings is 1. The van der Waals surface area contributed by atoms with E-state index >= 15 is 0 Å². The van der Waals surface area contributed by atoms with Crippen LogP contribution >= 0.6 is 0 Å². The molecule has 0 spiro atoms. The molecular formula is C44H71NO11. The third kappa shape index (κ3) is 12.4. The Labute approximate surface area is 335 Å². The summed E-state index contributed by atoms with van der Waals surface area (Å²) in [6.45, 7) is 13.5. The van der Waals surface area contributed by atoms with Crippen molar-refractivity contribution in [2.24, 2.45) is 23.7 Å². The number of Topliss-reactive ketones (excluding diaryl/α,β-unsaturated/α-hetero) is 2. The number of amides is 1. The first-order valence-corrected chi connectivity index (χ1v) is 20.8. The third-order valence-electron chi connectivity index (χ3n) is 12.3. The maximum Gasteiger partial charge on any atom is 0.329 e. The molecule has 0 aromatic carbocycles. The highest BCUT2D eigenvalue weighted by Crippen LogP contribution is 2.38. The van der Waals surface area contributed by atoms with Crippen molar-refractivity contribution in [2.75, 3.05) is 34.5 Å². The molecule has 0 bridgehead atoms. The summed E-state index contributed by atoms with van der Waals surface area (Å²) in [4.78, 5) is 55.7. The second-order valence-corrected chi connectivity index (χ2v) is 16.3. The van der Waals surface area contributed by atoms with Gasteiger partial charge in [-0.1, -0.05) is 44.6 Å². The Balaban J connectivity index is 1.73. The lowest BCUT2D eigenvalue weighted by Gasteiger charge is -2.46. The number of carbonyl (C=O) groups is 4. The first-order valence-electron chi connectivity index (χ1n) is 20.8. The Morgan fingerprint density at radius 2 is 1.71 bits per heavy atom. The molecule has 11 unspecified atom stereocenters. The number of allylic oxidation sites excluding steroid dienone is 4. The average Bonchev–Trinajstić information content (AvgIpc) is 3.19. The van der Waals surface area contributed by atoms with Crippen LogP contribution in [0.5, 0.6) is 0 Å². The molecule has 2 N–H and O–H groups in total. The molecule has 2 saturated heterocycles. The van der Waals surface area contributed by atoms with Crippen molar-refractivity contribution in [1.82, 2.24) is 4.90 Å². The van der Waals surface area contributed by atoms with Crippen LogP contribution in [0.3, 0.4) is 0 Å². The molecule has 1 aliphatic carbocycles. The van der Waals surface area contributed by atoms with Crippen molar-refractivity contribution in [3.63, 3.8) is 0 Å². The fourth-order valence-electron chi connectivity index (χ4n) is 8.75. The van der Waals surface area contributed by atoms with E-state index in [2.05, 4.69) is 19.6 Å². The first-order chi connectivity index (χ1) is 26.7. The predicted molar refractivity (Wildman–Crippen MR) is 213 cm³/mol. The number of esters is 1. The van der Waals surface area contributed by atoms with E-state index in [0.717, 1.165) is 30.4 Å². The third-order valence-corrected chi connectivity index (χ3v) is 12.3. The van der Waals surface area contributed by atoms with Crippen LogP contribution in [0, 0.1) is 23.7 Å². The van der Waals surface area contributed by atoms with E-state index in [1.165, 1.54) is 19.1 Å². The van der Waals surface area contributed by atoms with Gasteiger partial charge in [0.15, 0.2) is 0 Å². The van der Waals surface area contributed by atoms with Crippen LogP contribution in [0.1, 0.15) is 118 Å². The standard InChI is InChI=1S/C44H71NO11/c1-10-15-33(35(47)21-23-46)24-28(3)16-14-18-37(52-7)40-39(54-9)26-31(6)44(51,56-40)41(48)42(49)45-22-13-12-17-34(45)43(50)55-36(11-2)30(5)25-32-20-19-29(4)38(27-32)53-8/h10,24-25,29,31-34,36-40,46,51H,1,11-23,26-27H2,2-9H3. The number of nitrogens with zero attached hydrogens (tertiary/aromatic N) is 1. The highest BCUT2D eigenvalue weighted by atomic mass is 16.7. The van der Waals surface area contributed by atoms with Gasteiger partial charge in [0, 0.05) is 52.7 Å². The molecule has 3 fully saturated rings. The van der Waals surface area contributed by atoms with Gasteiger partial charge in [0.05, 0.1) is 18.3 Å². The van der Waals surface area contributed by atoms with Gasteiger partial charge in [-0.2, -0.15) is 0 Å². The van der Waals surface area contributed by atoms with Crippen LogP contribution in [0.15, 0.2) is 36.0 Å². The van der Waals surface area contributed by atoms with Crippen LogP contribution in [-0.4, -0.2) is 115 Å². The van der Waals surface area contributed by atoms with E-state index in [0.29, 0.717) is 63.2 Å². The number of hydrogen-bond donors (Lipinski definition) is 2. The summed E-state index contributed by atoms with van der Waals surface area (Å²) < 4.78 is 29.6. The molecule has 2 heterocycles. The minimum absolute atomic E-state index is 0.0428. The lowest BCUT2D eigenvalue weighted by Crippen LogP contribution is -2.64. The van der Waals surface area contributed by atoms with E-state index < -0.39 is 59.8 Å². The number of aliphatic hydroxyl groups excluding tert-OH is 1. The first kappa shape index (κ1) is 47.6. The smallest absolute Gasteiger partial charge is 0.329 e. The number of rotatable bonds is 21. The second kappa shape index (κ2) is 23.0. The molecule has 12 heteroatoms. The number of likely N-dealkylation sites (tertiary alicyclic amines) is 1. The van der Waals surface area contributed by atoms with Crippen molar-refractivity contribution in [3.8, 4) is 0 Å². The molecule has 0 radical (unpaired) electrons. The maximum absolute atomic E-state index is 14.1. The molecule has 11 atom stereocenters. The molecular weight excluding hydrogens is 718 g/mol. The zero-order valence-electron chi connectivity index (χ0n) is 35.3. The summed E-state index contributed by atoms with van der Waals surface area (Å²) in [6, 6.07) is -0.964. The minimum Gasteiger partial charge on any atom is -0.456 e.